The maximum absolute atomic E-state index is 3.76. The molecule has 0 saturated carbocycles. The summed E-state index contributed by atoms with van der Waals surface area (Å²) in [5.74, 6) is 0. The summed E-state index contributed by atoms with van der Waals surface area (Å²) in [5, 5.41) is 0. The number of rotatable bonds is 3. The van der Waals surface area contributed by atoms with Crippen molar-refractivity contribution in [3.8, 4) is 0 Å². The first-order valence-corrected chi connectivity index (χ1v) is 2.92. The largest absolute Gasteiger partial charge is 0.210 e. The number of allylic oxidation sites excluding steroid dienone is 1. The zero-order valence-electron chi connectivity index (χ0n) is 5.78. The second-order valence-electron chi connectivity index (χ2n) is 2.00. The van der Waals surface area contributed by atoms with Crippen molar-refractivity contribution in [3.63, 3.8) is 0 Å². The molecule has 0 amide bonds. The quantitative estimate of drug-likeness (QED) is 0.385. The lowest BCUT2D eigenvalue weighted by Crippen LogP contribution is -2.05. The van der Waals surface area contributed by atoms with E-state index in [-0.39, 0.29) is 0 Å². The maximum Gasteiger partial charge on any atom is 0.170 e. The molecule has 0 saturated heterocycles. The summed E-state index contributed by atoms with van der Waals surface area (Å²) in [6, 6.07) is 0. The highest BCUT2D eigenvalue weighted by atomic mass is 15.0. The lowest BCUT2D eigenvalue weighted by atomic mass is 10.4. The van der Waals surface area contributed by atoms with Gasteiger partial charge in [-0.05, 0) is 6.58 Å². The minimum atomic E-state index is 1.01. The Morgan fingerprint density at radius 2 is 2.12 bits per heavy atom. The predicted octanol–water partition coefficient (Wildman–Crippen LogP) is 1.64. The molecule has 1 nitrogen and oxygen atoms in total. The van der Waals surface area contributed by atoms with Crippen molar-refractivity contribution in [1.82, 2.24) is 0 Å². The van der Waals surface area contributed by atoms with Crippen LogP contribution in [0.4, 0.5) is 0 Å². The van der Waals surface area contributed by atoms with E-state index in [2.05, 4.69) is 20.2 Å². The fraction of sp³-hybridized carbons (Fsp3) is 0.571. The fourth-order valence-corrected chi connectivity index (χ4v) is 0.461. The molecule has 0 fully saturated rings. The van der Waals surface area contributed by atoms with E-state index < -0.39 is 0 Å². The van der Waals surface area contributed by atoms with Crippen LogP contribution in [-0.4, -0.2) is 17.8 Å². The molecule has 0 aliphatic heterocycles. The zero-order valence-corrected chi connectivity index (χ0v) is 5.78. The molecule has 0 aromatic rings. The van der Waals surface area contributed by atoms with Crippen LogP contribution in [0.25, 0.3) is 0 Å². The molecular weight excluding hydrogens is 98.1 g/mol. The number of hydrogen-bond donors (Lipinski definition) is 0. The standard InChI is InChI=1S/C7H14N/c1-5-6-8(4)7(2)3/h2,4-6H2,1,3H3/q+1. The molecule has 0 N–H and O–H groups in total. The highest BCUT2D eigenvalue weighted by molar-refractivity contribution is 5.16. The molecule has 0 rings (SSSR count). The molecule has 1 heteroatoms. The molecule has 0 aromatic heterocycles. The first kappa shape index (κ1) is 7.41. The molecule has 0 aromatic carbocycles. The SMILES string of the molecule is C=C(C)[N+](=C)CCC. The maximum atomic E-state index is 3.76. The Bertz CT molecular complexity index is 103. The molecule has 0 aliphatic rings. The molecule has 0 spiro atoms. The average Bonchev–Trinajstić information content (AvgIpc) is 1.67. The second kappa shape index (κ2) is 3.42. The van der Waals surface area contributed by atoms with E-state index in [0.29, 0.717) is 0 Å². The van der Waals surface area contributed by atoms with Crippen LogP contribution in [-0.2, 0) is 0 Å². The number of hydrogen-bond acceptors (Lipinski definition) is 0. The Labute approximate surface area is 51.3 Å². The van der Waals surface area contributed by atoms with Gasteiger partial charge in [0, 0.05) is 13.3 Å². The van der Waals surface area contributed by atoms with Gasteiger partial charge < -0.3 is 0 Å². The minimum absolute atomic E-state index is 1.01. The van der Waals surface area contributed by atoms with Crippen molar-refractivity contribution < 1.29 is 4.58 Å². The molecule has 46 valence electrons. The van der Waals surface area contributed by atoms with Crippen molar-refractivity contribution in [3.05, 3.63) is 12.3 Å². The van der Waals surface area contributed by atoms with E-state index in [9.17, 15) is 0 Å². The van der Waals surface area contributed by atoms with E-state index in [4.69, 9.17) is 0 Å². The van der Waals surface area contributed by atoms with Gasteiger partial charge in [0.1, 0.15) is 13.3 Å². The topological polar surface area (TPSA) is 3.01 Å². The predicted molar refractivity (Wildman–Crippen MR) is 37.4 cm³/mol. The lowest BCUT2D eigenvalue weighted by molar-refractivity contribution is -0.467. The van der Waals surface area contributed by atoms with Gasteiger partial charge in [-0.15, -0.1) is 0 Å². The third kappa shape index (κ3) is 2.56. The van der Waals surface area contributed by atoms with Crippen LogP contribution in [0.1, 0.15) is 20.3 Å². The van der Waals surface area contributed by atoms with Crippen LogP contribution in [0, 0.1) is 0 Å². The van der Waals surface area contributed by atoms with Crippen molar-refractivity contribution >= 4 is 6.72 Å². The van der Waals surface area contributed by atoms with Crippen molar-refractivity contribution in [1.29, 1.82) is 0 Å². The van der Waals surface area contributed by atoms with Crippen LogP contribution in [0.2, 0.25) is 0 Å². The smallest absolute Gasteiger partial charge is 0.170 e. The Hall–Kier alpha value is -0.590. The van der Waals surface area contributed by atoms with Crippen molar-refractivity contribution in [2.75, 3.05) is 6.54 Å². The normalized spacial score (nSPS) is 8.75. The summed E-state index contributed by atoms with van der Waals surface area (Å²) in [7, 11) is 0. The summed E-state index contributed by atoms with van der Waals surface area (Å²) < 4.78 is 1.90. The summed E-state index contributed by atoms with van der Waals surface area (Å²) in [4.78, 5) is 0. The minimum Gasteiger partial charge on any atom is -0.210 e. The molecular formula is C7H14N+. The highest BCUT2D eigenvalue weighted by Crippen LogP contribution is 1.88. The van der Waals surface area contributed by atoms with Gasteiger partial charge in [-0.2, -0.15) is 0 Å². The van der Waals surface area contributed by atoms with Gasteiger partial charge >= 0.3 is 0 Å². The first-order chi connectivity index (χ1) is 3.68. The third-order valence-electron chi connectivity index (χ3n) is 1.03. The summed E-state index contributed by atoms with van der Waals surface area (Å²) >= 11 is 0. The van der Waals surface area contributed by atoms with E-state index in [0.717, 1.165) is 18.7 Å². The van der Waals surface area contributed by atoms with Crippen LogP contribution in [0.15, 0.2) is 12.3 Å². The van der Waals surface area contributed by atoms with Crippen LogP contribution >= 0.6 is 0 Å². The Balaban J connectivity index is 3.49. The fourth-order valence-electron chi connectivity index (χ4n) is 0.461. The summed E-state index contributed by atoms with van der Waals surface area (Å²) in [6.07, 6.45) is 1.14. The average molecular weight is 112 g/mol. The van der Waals surface area contributed by atoms with E-state index in [1.807, 2.05) is 11.5 Å². The monoisotopic (exact) mass is 112 g/mol. The van der Waals surface area contributed by atoms with Gasteiger partial charge in [-0.1, -0.05) is 6.92 Å². The van der Waals surface area contributed by atoms with E-state index >= 15 is 0 Å². The second-order valence-corrected chi connectivity index (χ2v) is 2.00. The van der Waals surface area contributed by atoms with Gasteiger partial charge in [-0.25, -0.2) is 4.58 Å². The van der Waals surface area contributed by atoms with E-state index in [1.165, 1.54) is 0 Å². The van der Waals surface area contributed by atoms with Gasteiger partial charge in [0.25, 0.3) is 0 Å². The molecule has 0 bridgehead atoms. The highest BCUT2D eigenvalue weighted by Gasteiger charge is 1.95. The van der Waals surface area contributed by atoms with Gasteiger partial charge in [0.2, 0.25) is 0 Å². The summed E-state index contributed by atoms with van der Waals surface area (Å²) in [6.45, 7) is 12.6. The number of nitrogens with zero attached hydrogens (tertiary/aromatic N) is 1. The van der Waals surface area contributed by atoms with Gasteiger partial charge in [0.05, 0.1) is 0 Å². The first-order valence-electron chi connectivity index (χ1n) is 2.92. The van der Waals surface area contributed by atoms with Crippen molar-refractivity contribution in [2.24, 2.45) is 0 Å². The van der Waals surface area contributed by atoms with Crippen LogP contribution in [0.5, 0.6) is 0 Å². The Morgan fingerprint density at radius 3 is 2.25 bits per heavy atom. The van der Waals surface area contributed by atoms with Crippen LogP contribution < -0.4 is 0 Å². The molecule has 0 heterocycles. The molecule has 0 unspecified atom stereocenters. The Morgan fingerprint density at radius 1 is 1.62 bits per heavy atom. The van der Waals surface area contributed by atoms with Gasteiger partial charge in [-0.3, -0.25) is 0 Å². The zero-order chi connectivity index (χ0) is 6.57. The molecule has 0 atom stereocenters. The van der Waals surface area contributed by atoms with Crippen molar-refractivity contribution in [2.45, 2.75) is 20.3 Å². The Kier molecular flexibility index (Phi) is 3.16. The molecule has 8 heavy (non-hydrogen) atoms. The molecule has 0 radical (unpaired) electrons. The molecule has 0 aliphatic carbocycles. The summed E-state index contributed by atoms with van der Waals surface area (Å²) in [5.41, 5.74) is 1.03. The lowest BCUT2D eigenvalue weighted by Gasteiger charge is -1.93. The third-order valence-corrected chi connectivity index (χ3v) is 1.03. The van der Waals surface area contributed by atoms with E-state index in [1.54, 1.807) is 0 Å². The van der Waals surface area contributed by atoms with Crippen LogP contribution in [0.3, 0.4) is 0 Å². The van der Waals surface area contributed by atoms with Gasteiger partial charge in [0.15, 0.2) is 5.70 Å².